The van der Waals surface area contributed by atoms with Gasteiger partial charge < -0.3 is 21.3 Å². The van der Waals surface area contributed by atoms with Crippen molar-refractivity contribution in [3.8, 4) is 22.3 Å². The van der Waals surface area contributed by atoms with Crippen LogP contribution in [0.15, 0.2) is 84.9 Å². The lowest BCUT2D eigenvalue weighted by atomic mass is 9.87. The number of hydrogen-bond acceptors (Lipinski definition) is 4. The Morgan fingerprint density at radius 2 is 0.977 bits per heavy atom. The Labute approximate surface area is 259 Å². The number of aryl methyl sites for hydroxylation is 4. The molecule has 4 bridgehead atoms. The van der Waals surface area contributed by atoms with Crippen molar-refractivity contribution in [1.82, 2.24) is 10.6 Å². The van der Waals surface area contributed by atoms with Gasteiger partial charge in [-0.15, -0.1) is 0 Å². The molecule has 224 valence electrons. The second-order valence-electron chi connectivity index (χ2n) is 12.4. The molecule has 4 aliphatic carbocycles. The summed E-state index contributed by atoms with van der Waals surface area (Å²) in [5.74, 6) is 0.106. The lowest BCUT2D eigenvalue weighted by Gasteiger charge is -2.18. The smallest absolute Gasteiger partial charge is 0.241 e. The molecular formula is C38H40N4O2. The Bertz CT molecular complexity index is 1520. The zero-order valence-corrected chi connectivity index (χ0v) is 25.1. The molecule has 2 atom stereocenters. The van der Waals surface area contributed by atoms with Crippen LogP contribution in [0.4, 0.5) is 11.4 Å². The van der Waals surface area contributed by atoms with E-state index in [2.05, 4.69) is 81.9 Å². The SMILES string of the molecule is O=C(Nc1ccc(-c2cc3ccc2CCc2ccc(c(-c4ccc(NC(=O)[C@@H]5CCCN5)cc4)c2)CC3)cc1)[C@@H]1CCCN1. The molecule has 10 rings (SSSR count). The van der Waals surface area contributed by atoms with E-state index in [4.69, 9.17) is 0 Å². The summed E-state index contributed by atoms with van der Waals surface area (Å²) in [6, 6.07) is 30.3. The van der Waals surface area contributed by atoms with E-state index in [-0.39, 0.29) is 23.9 Å². The van der Waals surface area contributed by atoms with Crippen molar-refractivity contribution in [2.45, 2.75) is 63.5 Å². The topological polar surface area (TPSA) is 82.3 Å². The molecule has 2 fully saturated rings. The minimum atomic E-state index is -0.0862. The average molecular weight is 585 g/mol. The van der Waals surface area contributed by atoms with Gasteiger partial charge in [0, 0.05) is 11.4 Å². The highest BCUT2D eigenvalue weighted by Gasteiger charge is 2.23. The van der Waals surface area contributed by atoms with E-state index in [0.29, 0.717) is 0 Å². The molecular weight excluding hydrogens is 544 g/mol. The molecule has 0 unspecified atom stereocenters. The summed E-state index contributed by atoms with van der Waals surface area (Å²) < 4.78 is 0. The minimum Gasteiger partial charge on any atom is -0.325 e. The van der Waals surface area contributed by atoms with Crippen molar-refractivity contribution < 1.29 is 9.59 Å². The molecule has 2 heterocycles. The Balaban J connectivity index is 1.08. The average Bonchev–Trinajstić information content (AvgIpc) is 3.79. The summed E-state index contributed by atoms with van der Waals surface area (Å²) in [6.07, 6.45) is 7.68. The van der Waals surface area contributed by atoms with Crippen molar-refractivity contribution in [3.05, 3.63) is 107 Å². The lowest BCUT2D eigenvalue weighted by Crippen LogP contribution is -2.35. The zero-order valence-electron chi connectivity index (χ0n) is 25.1. The Morgan fingerprint density at radius 3 is 1.36 bits per heavy atom. The molecule has 2 aliphatic heterocycles. The van der Waals surface area contributed by atoms with E-state index in [1.165, 1.54) is 44.5 Å². The van der Waals surface area contributed by atoms with Crippen molar-refractivity contribution >= 4 is 23.2 Å². The number of anilines is 2. The predicted octanol–water partition coefficient (Wildman–Crippen LogP) is 6.29. The number of benzene rings is 4. The van der Waals surface area contributed by atoms with E-state index in [0.717, 1.165) is 75.8 Å². The molecule has 2 amide bonds. The molecule has 44 heavy (non-hydrogen) atoms. The molecule has 0 saturated carbocycles. The van der Waals surface area contributed by atoms with Crippen LogP contribution < -0.4 is 21.3 Å². The largest absolute Gasteiger partial charge is 0.325 e. The van der Waals surface area contributed by atoms with Crippen LogP contribution >= 0.6 is 0 Å². The fourth-order valence-electron chi connectivity index (χ4n) is 6.83. The van der Waals surface area contributed by atoms with E-state index >= 15 is 0 Å². The molecule has 4 N–H and O–H groups in total. The van der Waals surface area contributed by atoms with Gasteiger partial charge in [0.25, 0.3) is 0 Å². The summed E-state index contributed by atoms with van der Waals surface area (Å²) in [5, 5.41) is 12.7. The fourth-order valence-corrected chi connectivity index (χ4v) is 6.83. The molecule has 6 nitrogen and oxygen atoms in total. The monoisotopic (exact) mass is 584 g/mol. The van der Waals surface area contributed by atoms with Gasteiger partial charge in [-0.3, -0.25) is 9.59 Å². The molecule has 4 aromatic carbocycles. The Kier molecular flexibility index (Phi) is 8.27. The summed E-state index contributed by atoms with van der Waals surface area (Å²) in [6.45, 7) is 1.82. The normalized spacial score (nSPS) is 19.4. The third-order valence-electron chi connectivity index (χ3n) is 9.40. The van der Waals surface area contributed by atoms with Crippen LogP contribution in [0, 0.1) is 0 Å². The van der Waals surface area contributed by atoms with Gasteiger partial charge in [0.2, 0.25) is 11.8 Å². The third-order valence-corrected chi connectivity index (χ3v) is 9.40. The summed E-state index contributed by atoms with van der Waals surface area (Å²) in [7, 11) is 0. The maximum absolute atomic E-state index is 12.6. The van der Waals surface area contributed by atoms with E-state index in [1.807, 2.05) is 24.3 Å². The van der Waals surface area contributed by atoms with Crippen LogP contribution in [0.3, 0.4) is 0 Å². The first kappa shape index (κ1) is 28.5. The Morgan fingerprint density at radius 1 is 0.545 bits per heavy atom. The van der Waals surface area contributed by atoms with Gasteiger partial charge in [-0.1, -0.05) is 60.7 Å². The summed E-state index contributed by atoms with van der Waals surface area (Å²) in [5.41, 5.74) is 11.9. The molecule has 6 heteroatoms. The number of carbonyl (C=O) groups excluding carboxylic acids is 2. The third kappa shape index (κ3) is 6.33. The van der Waals surface area contributed by atoms with Gasteiger partial charge >= 0.3 is 0 Å². The number of rotatable bonds is 6. The highest BCUT2D eigenvalue weighted by molar-refractivity contribution is 5.96. The van der Waals surface area contributed by atoms with Crippen LogP contribution in [0.1, 0.15) is 47.9 Å². The highest BCUT2D eigenvalue weighted by atomic mass is 16.2. The second-order valence-corrected chi connectivity index (χ2v) is 12.4. The first-order valence-corrected chi connectivity index (χ1v) is 16.1. The first-order chi connectivity index (χ1) is 21.6. The molecule has 6 aliphatic rings. The summed E-state index contributed by atoms with van der Waals surface area (Å²) >= 11 is 0. The van der Waals surface area contributed by atoms with Crippen LogP contribution in [0.2, 0.25) is 0 Å². The van der Waals surface area contributed by atoms with Crippen LogP contribution in [-0.4, -0.2) is 37.0 Å². The van der Waals surface area contributed by atoms with E-state index in [1.54, 1.807) is 0 Å². The van der Waals surface area contributed by atoms with Crippen molar-refractivity contribution in [1.29, 1.82) is 0 Å². The van der Waals surface area contributed by atoms with Gasteiger partial charge in [0.1, 0.15) is 0 Å². The second kappa shape index (κ2) is 12.8. The molecule has 2 saturated heterocycles. The fraction of sp³-hybridized carbons (Fsp3) is 0.316. The quantitative estimate of drug-likeness (QED) is 0.215. The molecule has 4 aromatic rings. The van der Waals surface area contributed by atoms with Crippen LogP contribution in [0.25, 0.3) is 22.3 Å². The number of nitrogens with one attached hydrogen (secondary N) is 4. The van der Waals surface area contributed by atoms with E-state index < -0.39 is 0 Å². The lowest BCUT2D eigenvalue weighted by molar-refractivity contribution is -0.118. The molecule has 0 radical (unpaired) electrons. The standard InChI is InChI=1S/C38H40N4O2/c43-37(35-3-1-21-39-35)41-31-17-13-29(14-18-31)33-23-25-5-9-27(33)11-7-26-6-10-28(12-8-25)34(24-26)30-15-19-32(20-16-30)42-38(44)36-4-2-22-40-36/h5-6,9-10,13-20,23-24,35-36,39-40H,1-4,7-8,11-12,21-22H2,(H,41,43)(H,42,44)/t35-,36-/m0/s1. The maximum atomic E-state index is 12.6. The Hall–Kier alpha value is -4.26. The number of amides is 2. The molecule has 0 spiro atoms. The van der Waals surface area contributed by atoms with Crippen molar-refractivity contribution in [2.75, 3.05) is 23.7 Å². The predicted molar refractivity (Wildman–Crippen MR) is 178 cm³/mol. The van der Waals surface area contributed by atoms with Crippen LogP contribution in [0.5, 0.6) is 0 Å². The van der Waals surface area contributed by atoms with Gasteiger partial charge in [0.15, 0.2) is 0 Å². The van der Waals surface area contributed by atoms with Gasteiger partial charge in [0.05, 0.1) is 12.1 Å². The van der Waals surface area contributed by atoms with Gasteiger partial charge in [-0.2, -0.15) is 0 Å². The van der Waals surface area contributed by atoms with Gasteiger partial charge in [-0.25, -0.2) is 0 Å². The van der Waals surface area contributed by atoms with E-state index in [9.17, 15) is 9.59 Å². The zero-order chi connectivity index (χ0) is 29.9. The minimum absolute atomic E-state index is 0.0528. The maximum Gasteiger partial charge on any atom is 0.241 e. The number of hydrogen-bond donors (Lipinski definition) is 4. The number of carbonyl (C=O) groups is 2. The summed E-state index contributed by atoms with van der Waals surface area (Å²) in [4.78, 5) is 25.1. The van der Waals surface area contributed by atoms with Crippen LogP contribution in [-0.2, 0) is 35.3 Å². The van der Waals surface area contributed by atoms with Crippen molar-refractivity contribution in [2.24, 2.45) is 0 Å². The van der Waals surface area contributed by atoms with Crippen molar-refractivity contribution in [3.63, 3.8) is 0 Å². The molecule has 0 aromatic heterocycles. The highest BCUT2D eigenvalue weighted by Crippen LogP contribution is 2.32. The van der Waals surface area contributed by atoms with Gasteiger partial charge in [-0.05, 0) is 133 Å². The first-order valence-electron chi connectivity index (χ1n) is 16.1.